The largest absolute Gasteiger partial charge is 0.378 e. The molecular weight excluding hydrogens is 572 g/mol. The van der Waals surface area contributed by atoms with E-state index in [0.29, 0.717) is 34.4 Å². The van der Waals surface area contributed by atoms with Crippen molar-refractivity contribution in [3.8, 4) is 6.07 Å². The van der Waals surface area contributed by atoms with Crippen molar-refractivity contribution in [3.63, 3.8) is 0 Å². The van der Waals surface area contributed by atoms with E-state index in [9.17, 15) is 5.26 Å². The molecular formula is C33H37ClN10. The third-order valence-electron chi connectivity index (χ3n) is 8.32. The number of hydrogen-bond acceptors (Lipinski definition) is 8. The van der Waals surface area contributed by atoms with Crippen LogP contribution >= 0.6 is 11.6 Å². The first kappa shape index (κ1) is 29.6. The van der Waals surface area contributed by atoms with E-state index in [2.05, 4.69) is 81.1 Å². The summed E-state index contributed by atoms with van der Waals surface area (Å²) in [5.41, 5.74) is 5.39. The third-order valence-corrected chi connectivity index (χ3v) is 8.60. The molecule has 0 radical (unpaired) electrons. The molecule has 1 unspecified atom stereocenters. The van der Waals surface area contributed by atoms with Crippen LogP contribution < -0.4 is 10.6 Å². The lowest BCUT2D eigenvalue weighted by Gasteiger charge is -2.40. The van der Waals surface area contributed by atoms with Crippen molar-refractivity contribution in [2.24, 2.45) is 7.05 Å². The molecule has 0 spiro atoms. The number of piperidine rings is 1. The highest BCUT2D eigenvalue weighted by Crippen LogP contribution is 2.36. The van der Waals surface area contributed by atoms with Gasteiger partial charge in [-0.3, -0.25) is 14.6 Å². The molecule has 4 heterocycles. The normalized spacial score (nSPS) is 15.3. The summed E-state index contributed by atoms with van der Waals surface area (Å²) in [6.07, 6.45) is 7.58. The molecule has 11 heteroatoms. The SMILES string of the molecule is Cn1ccc(CNc2c(C#N)cnc3c(Cl)cc(NC(c4ccccc4)c4cn(C5CCN(C(C)(C)C)CC5)nn4)cc23)n1. The third kappa shape index (κ3) is 6.25. The zero-order chi connectivity index (χ0) is 30.8. The first-order valence-electron chi connectivity index (χ1n) is 14.9. The Morgan fingerprint density at radius 3 is 2.57 bits per heavy atom. The molecule has 0 aliphatic carbocycles. The number of benzene rings is 2. The van der Waals surface area contributed by atoms with E-state index in [0.717, 1.165) is 54.0 Å². The molecule has 3 aromatic heterocycles. The molecule has 1 aliphatic rings. The van der Waals surface area contributed by atoms with Crippen molar-refractivity contribution < 1.29 is 0 Å². The standard InChI is InChI=1S/C33H37ClN10/c1-33(2,3)43-14-11-26(12-15-43)44-21-29(39-41-44)31(22-8-6-5-7-9-22)38-25-16-27-30(37-20-24-10-13-42(4)40-24)23(18-35)19-36-32(27)28(34)17-25/h5-10,13,16-17,19,21,26,31,38H,11-12,14-15,20H2,1-4H3,(H,36,37). The number of fused-ring (bicyclic) bond motifs is 1. The predicted molar refractivity (Wildman–Crippen MR) is 174 cm³/mol. The Morgan fingerprint density at radius 2 is 1.89 bits per heavy atom. The number of hydrogen-bond donors (Lipinski definition) is 2. The average molecular weight is 609 g/mol. The average Bonchev–Trinajstić information content (AvgIpc) is 3.68. The number of anilines is 2. The van der Waals surface area contributed by atoms with Crippen LogP contribution in [0.1, 0.15) is 68.2 Å². The van der Waals surface area contributed by atoms with Gasteiger partial charge in [0.05, 0.1) is 52.3 Å². The van der Waals surface area contributed by atoms with Crippen LogP contribution in [0, 0.1) is 11.3 Å². The Bertz CT molecular complexity index is 1790. The summed E-state index contributed by atoms with van der Waals surface area (Å²) >= 11 is 6.81. The lowest BCUT2D eigenvalue weighted by molar-refractivity contribution is 0.0866. The van der Waals surface area contributed by atoms with Crippen LogP contribution in [0.15, 0.2) is 67.1 Å². The highest BCUT2D eigenvalue weighted by Gasteiger charge is 2.29. The van der Waals surface area contributed by atoms with Crippen LogP contribution in [0.3, 0.4) is 0 Å². The molecule has 0 saturated carbocycles. The van der Waals surface area contributed by atoms with Gasteiger partial charge in [0.25, 0.3) is 0 Å². The van der Waals surface area contributed by atoms with Gasteiger partial charge in [-0.25, -0.2) is 4.68 Å². The molecule has 10 nitrogen and oxygen atoms in total. The van der Waals surface area contributed by atoms with Gasteiger partial charge in [0.2, 0.25) is 0 Å². The number of likely N-dealkylation sites (tertiary alicyclic amines) is 1. The summed E-state index contributed by atoms with van der Waals surface area (Å²) in [6, 6.07) is 18.3. The first-order chi connectivity index (χ1) is 21.2. The molecule has 44 heavy (non-hydrogen) atoms. The lowest BCUT2D eigenvalue weighted by atomic mass is 9.98. The van der Waals surface area contributed by atoms with Gasteiger partial charge in [-0.1, -0.05) is 47.1 Å². The van der Waals surface area contributed by atoms with Crippen molar-refractivity contribution in [1.82, 2.24) is 34.7 Å². The van der Waals surface area contributed by atoms with Crippen LogP contribution in [0.4, 0.5) is 11.4 Å². The summed E-state index contributed by atoms with van der Waals surface area (Å²) in [5.74, 6) is 0. The maximum Gasteiger partial charge on any atom is 0.109 e. The van der Waals surface area contributed by atoms with Crippen LogP contribution in [0.5, 0.6) is 0 Å². The van der Waals surface area contributed by atoms with Crippen molar-refractivity contribution >= 4 is 33.9 Å². The number of aromatic nitrogens is 6. The Hall–Kier alpha value is -4.46. The number of nitrogens with zero attached hydrogens (tertiary/aromatic N) is 8. The number of aryl methyl sites for hydroxylation is 1. The number of pyridine rings is 1. The summed E-state index contributed by atoms with van der Waals surface area (Å²) in [4.78, 5) is 7.05. The second kappa shape index (κ2) is 12.3. The van der Waals surface area contributed by atoms with Crippen LogP contribution in [0.2, 0.25) is 5.02 Å². The number of nitrogens with one attached hydrogen (secondary N) is 2. The van der Waals surface area contributed by atoms with Crippen LogP contribution in [-0.4, -0.2) is 53.3 Å². The zero-order valence-corrected chi connectivity index (χ0v) is 26.3. The zero-order valence-electron chi connectivity index (χ0n) is 25.5. The summed E-state index contributed by atoms with van der Waals surface area (Å²) in [5, 5.41) is 31.9. The summed E-state index contributed by atoms with van der Waals surface area (Å²) in [6.45, 7) is 9.34. The molecule has 0 amide bonds. The van der Waals surface area contributed by atoms with E-state index in [4.69, 9.17) is 11.6 Å². The van der Waals surface area contributed by atoms with E-state index in [1.54, 1.807) is 10.9 Å². The number of halogens is 1. The Labute approximate surface area is 262 Å². The molecule has 2 N–H and O–H groups in total. The predicted octanol–water partition coefficient (Wildman–Crippen LogP) is 6.33. The summed E-state index contributed by atoms with van der Waals surface area (Å²) in [7, 11) is 1.88. The second-order valence-electron chi connectivity index (χ2n) is 12.3. The highest BCUT2D eigenvalue weighted by atomic mass is 35.5. The minimum atomic E-state index is -0.273. The fraction of sp³-hybridized carbons (Fsp3) is 0.364. The highest BCUT2D eigenvalue weighted by molar-refractivity contribution is 6.35. The Kier molecular flexibility index (Phi) is 8.25. The van der Waals surface area contributed by atoms with Gasteiger partial charge < -0.3 is 10.6 Å². The second-order valence-corrected chi connectivity index (χ2v) is 12.8. The van der Waals surface area contributed by atoms with Crippen molar-refractivity contribution in [2.75, 3.05) is 23.7 Å². The molecule has 2 aromatic carbocycles. The van der Waals surface area contributed by atoms with Gasteiger partial charge in [-0.05, 0) is 57.4 Å². The molecule has 1 saturated heterocycles. The minimum absolute atomic E-state index is 0.166. The van der Waals surface area contributed by atoms with Crippen LogP contribution in [-0.2, 0) is 13.6 Å². The lowest BCUT2D eigenvalue weighted by Crippen LogP contribution is -2.46. The fourth-order valence-electron chi connectivity index (χ4n) is 5.90. The van der Waals surface area contributed by atoms with Crippen molar-refractivity contribution in [3.05, 3.63) is 94.7 Å². The maximum absolute atomic E-state index is 9.91. The monoisotopic (exact) mass is 608 g/mol. The smallest absolute Gasteiger partial charge is 0.109 e. The number of nitriles is 1. The minimum Gasteiger partial charge on any atom is -0.378 e. The molecule has 5 aromatic rings. The van der Waals surface area contributed by atoms with Gasteiger partial charge >= 0.3 is 0 Å². The Balaban J connectivity index is 1.32. The molecule has 1 fully saturated rings. The molecule has 226 valence electrons. The molecule has 0 bridgehead atoms. The van der Waals surface area contributed by atoms with E-state index < -0.39 is 0 Å². The Morgan fingerprint density at radius 1 is 1.11 bits per heavy atom. The van der Waals surface area contributed by atoms with Gasteiger partial charge in [0, 0.05) is 49.1 Å². The van der Waals surface area contributed by atoms with Crippen LogP contribution in [0.25, 0.3) is 10.9 Å². The summed E-state index contributed by atoms with van der Waals surface area (Å²) < 4.78 is 3.78. The first-order valence-corrected chi connectivity index (χ1v) is 15.3. The van der Waals surface area contributed by atoms with E-state index in [1.165, 1.54) is 0 Å². The van der Waals surface area contributed by atoms with E-state index in [1.807, 2.05) is 54.3 Å². The molecule has 1 aliphatic heterocycles. The van der Waals surface area contributed by atoms with Gasteiger partial charge in [0.15, 0.2) is 0 Å². The number of rotatable bonds is 8. The van der Waals surface area contributed by atoms with Gasteiger partial charge in [-0.15, -0.1) is 5.10 Å². The molecule has 1 atom stereocenters. The molecule has 6 rings (SSSR count). The van der Waals surface area contributed by atoms with Gasteiger partial charge in [-0.2, -0.15) is 10.4 Å². The van der Waals surface area contributed by atoms with E-state index in [-0.39, 0.29) is 11.6 Å². The van der Waals surface area contributed by atoms with Crippen molar-refractivity contribution in [1.29, 1.82) is 5.26 Å². The fourth-order valence-corrected chi connectivity index (χ4v) is 6.17. The maximum atomic E-state index is 9.91. The van der Waals surface area contributed by atoms with Gasteiger partial charge in [0.1, 0.15) is 11.8 Å². The topological polar surface area (TPSA) is 113 Å². The van der Waals surface area contributed by atoms with E-state index >= 15 is 0 Å². The van der Waals surface area contributed by atoms with Crippen molar-refractivity contribution in [2.45, 2.75) is 57.8 Å². The quantitative estimate of drug-likeness (QED) is 0.210.